The monoisotopic (exact) mass is 730 g/mol. The van der Waals surface area contributed by atoms with Crippen molar-refractivity contribution in [3.05, 3.63) is 206 Å². The number of anilines is 3. The molecule has 4 heteroatoms. The number of para-hydroxylation sites is 1. The molecule has 11 aromatic rings. The Morgan fingerprint density at radius 3 is 1.74 bits per heavy atom. The maximum absolute atomic E-state index is 6.62. The minimum absolute atomic E-state index is 0.580. The van der Waals surface area contributed by atoms with E-state index in [4.69, 9.17) is 13.8 Å². The number of hydrogen-bond acceptors (Lipinski definition) is 4. The third-order valence-corrected chi connectivity index (χ3v) is 10.9. The van der Waals surface area contributed by atoms with Crippen molar-refractivity contribution < 1.29 is 8.83 Å². The van der Waals surface area contributed by atoms with Crippen molar-refractivity contribution in [1.82, 2.24) is 4.98 Å². The molecule has 0 aliphatic rings. The van der Waals surface area contributed by atoms with Crippen LogP contribution in [0.15, 0.2) is 215 Å². The van der Waals surface area contributed by atoms with Gasteiger partial charge in [0, 0.05) is 33.4 Å². The highest BCUT2D eigenvalue weighted by molar-refractivity contribution is 6.16. The SMILES string of the molecule is c1ccc(-c2ccc(N(c3ccc(-c4c5nc(-c6ccccc6)oc5cc5c4oc4ccccc45)cc3)c3cccc(-c4cccc5ccccc45)c3)cc2)cc1. The molecule has 0 N–H and O–H groups in total. The van der Waals surface area contributed by atoms with E-state index in [1.807, 2.05) is 48.5 Å². The number of oxazole rings is 1. The summed E-state index contributed by atoms with van der Waals surface area (Å²) in [5.74, 6) is 0.580. The van der Waals surface area contributed by atoms with Crippen molar-refractivity contribution in [3.8, 4) is 44.8 Å². The molecule has 57 heavy (non-hydrogen) atoms. The predicted octanol–water partition coefficient (Wildman–Crippen LogP) is 15.0. The first kappa shape index (κ1) is 32.7. The highest BCUT2D eigenvalue weighted by Crippen LogP contribution is 2.44. The fourth-order valence-electron chi connectivity index (χ4n) is 8.16. The van der Waals surface area contributed by atoms with Crippen LogP contribution in [0.25, 0.3) is 88.6 Å². The number of furan rings is 1. The summed E-state index contributed by atoms with van der Waals surface area (Å²) in [5, 5.41) is 4.50. The number of benzene rings is 9. The van der Waals surface area contributed by atoms with Gasteiger partial charge in [-0.15, -0.1) is 0 Å². The van der Waals surface area contributed by atoms with Crippen LogP contribution < -0.4 is 4.90 Å². The van der Waals surface area contributed by atoms with E-state index < -0.39 is 0 Å². The zero-order valence-corrected chi connectivity index (χ0v) is 30.8. The molecular weight excluding hydrogens is 697 g/mol. The molecule has 0 spiro atoms. The van der Waals surface area contributed by atoms with Gasteiger partial charge in [-0.1, -0.05) is 146 Å². The molecule has 0 aliphatic heterocycles. The van der Waals surface area contributed by atoms with Crippen molar-refractivity contribution in [2.75, 3.05) is 4.90 Å². The first-order chi connectivity index (χ1) is 28.2. The molecular formula is C53H34N2O2. The summed E-state index contributed by atoms with van der Waals surface area (Å²) in [4.78, 5) is 7.42. The Kier molecular flexibility index (Phi) is 7.78. The Bertz CT molecular complexity index is 3210. The molecule has 2 heterocycles. The van der Waals surface area contributed by atoms with E-state index in [2.05, 4.69) is 163 Å². The summed E-state index contributed by atoms with van der Waals surface area (Å²) in [7, 11) is 0. The second-order valence-electron chi connectivity index (χ2n) is 14.3. The van der Waals surface area contributed by atoms with E-state index >= 15 is 0 Å². The average Bonchev–Trinajstić information content (AvgIpc) is 3.88. The van der Waals surface area contributed by atoms with Crippen LogP contribution in [0, 0.1) is 0 Å². The van der Waals surface area contributed by atoms with Gasteiger partial charge < -0.3 is 13.7 Å². The second kappa shape index (κ2) is 13.6. The van der Waals surface area contributed by atoms with E-state index in [0.717, 1.165) is 72.4 Å². The molecule has 268 valence electrons. The van der Waals surface area contributed by atoms with Crippen molar-refractivity contribution in [2.45, 2.75) is 0 Å². The summed E-state index contributed by atoms with van der Waals surface area (Å²) in [5.41, 5.74) is 13.8. The molecule has 11 rings (SSSR count). The molecule has 4 nitrogen and oxygen atoms in total. The molecule has 0 amide bonds. The number of aromatic nitrogens is 1. The lowest BCUT2D eigenvalue weighted by Gasteiger charge is -2.26. The molecule has 0 fully saturated rings. The van der Waals surface area contributed by atoms with Crippen LogP contribution in [0.3, 0.4) is 0 Å². The van der Waals surface area contributed by atoms with Crippen molar-refractivity contribution in [1.29, 1.82) is 0 Å². The number of rotatable bonds is 7. The number of hydrogen-bond donors (Lipinski definition) is 0. The molecule has 0 bridgehead atoms. The van der Waals surface area contributed by atoms with E-state index in [9.17, 15) is 0 Å². The molecule has 9 aromatic carbocycles. The number of fused-ring (bicyclic) bond motifs is 5. The topological polar surface area (TPSA) is 42.4 Å². The van der Waals surface area contributed by atoms with Crippen LogP contribution in [-0.4, -0.2) is 4.98 Å². The summed E-state index contributed by atoms with van der Waals surface area (Å²) in [6.45, 7) is 0. The lowest BCUT2D eigenvalue weighted by atomic mass is 9.97. The van der Waals surface area contributed by atoms with Gasteiger partial charge in [0.2, 0.25) is 5.89 Å². The fraction of sp³-hybridized carbons (Fsp3) is 0. The Hall–Kier alpha value is -7.69. The molecule has 0 saturated carbocycles. The summed E-state index contributed by atoms with van der Waals surface area (Å²) >= 11 is 0. The third kappa shape index (κ3) is 5.74. The molecule has 0 saturated heterocycles. The third-order valence-electron chi connectivity index (χ3n) is 10.9. The van der Waals surface area contributed by atoms with Gasteiger partial charge in [-0.05, 0) is 99.3 Å². The van der Waals surface area contributed by atoms with Crippen LogP contribution >= 0.6 is 0 Å². The van der Waals surface area contributed by atoms with Gasteiger partial charge in [0.05, 0.1) is 5.56 Å². The first-order valence-electron chi connectivity index (χ1n) is 19.2. The zero-order chi connectivity index (χ0) is 37.7. The minimum atomic E-state index is 0.580. The standard InChI is InChI=1S/C53H34N2O2/c1-3-13-35(14-4-1)36-25-29-41(30-26-36)55(43-20-11-19-40(33-43)45-23-12-18-37-15-7-8-21-44(37)45)42-31-27-38(28-32-42)50-51-49(57-53(54-51)39-16-5-2-6-17-39)34-47-46-22-9-10-24-48(46)56-52(47)50/h1-34H. The summed E-state index contributed by atoms with van der Waals surface area (Å²) < 4.78 is 13.1. The highest BCUT2D eigenvalue weighted by Gasteiger charge is 2.22. The Labute approximate surface area is 329 Å². The molecule has 0 atom stereocenters. The van der Waals surface area contributed by atoms with Gasteiger partial charge in [-0.25, -0.2) is 4.98 Å². The van der Waals surface area contributed by atoms with Crippen molar-refractivity contribution >= 4 is 60.9 Å². The molecule has 0 radical (unpaired) electrons. The van der Waals surface area contributed by atoms with Gasteiger partial charge >= 0.3 is 0 Å². The Morgan fingerprint density at radius 1 is 0.368 bits per heavy atom. The zero-order valence-electron chi connectivity index (χ0n) is 30.8. The Balaban J connectivity index is 1.07. The van der Waals surface area contributed by atoms with Gasteiger partial charge in [-0.2, -0.15) is 0 Å². The van der Waals surface area contributed by atoms with Gasteiger partial charge in [-0.3, -0.25) is 0 Å². The predicted molar refractivity (Wildman–Crippen MR) is 235 cm³/mol. The molecule has 2 aromatic heterocycles. The van der Waals surface area contributed by atoms with Crippen LogP contribution in [0.4, 0.5) is 17.1 Å². The van der Waals surface area contributed by atoms with Gasteiger partial charge in [0.25, 0.3) is 0 Å². The molecule has 0 unspecified atom stereocenters. The maximum Gasteiger partial charge on any atom is 0.227 e. The summed E-state index contributed by atoms with van der Waals surface area (Å²) in [6.07, 6.45) is 0. The normalized spacial score (nSPS) is 11.5. The second-order valence-corrected chi connectivity index (χ2v) is 14.3. The van der Waals surface area contributed by atoms with Crippen LogP contribution in [0.2, 0.25) is 0 Å². The van der Waals surface area contributed by atoms with E-state index in [-0.39, 0.29) is 0 Å². The summed E-state index contributed by atoms with van der Waals surface area (Å²) in [6, 6.07) is 72.3. The lowest BCUT2D eigenvalue weighted by molar-refractivity contribution is 0.620. The van der Waals surface area contributed by atoms with Crippen LogP contribution in [-0.2, 0) is 0 Å². The Morgan fingerprint density at radius 2 is 0.965 bits per heavy atom. The van der Waals surface area contributed by atoms with Gasteiger partial charge in [0.15, 0.2) is 5.58 Å². The van der Waals surface area contributed by atoms with Crippen molar-refractivity contribution in [3.63, 3.8) is 0 Å². The first-order valence-corrected chi connectivity index (χ1v) is 19.2. The van der Waals surface area contributed by atoms with Crippen molar-refractivity contribution in [2.24, 2.45) is 0 Å². The maximum atomic E-state index is 6.62. The largest absolute Gasteiger partial charge is 0.455 e. The van der Waals surface area contributed by atoms with E-state index in [1.165, 1.54) is 27.5 Å². The number of nitrogens with zero attached hydrogens (tertiary/aromatic N) is 2. The smallest absolute Gasteiger partial charge is 0.227 e. The minimum Gasteiger partial charge on any atom is -0.455 e. The van der Waals surface area contributed by atoms with E-state index in [0.29, 0.717) is 5.89 Å². The van der Waals surface area contributed by atoms with Gasteiger partial charge in [0.1, 0.15) is 16.7 Å². The molecule has 0 aliphatic carbocycles. The highest BCUT2D eigenvalue weighted by atomic mass is 16.4. The van der Waals surface area contributed by atoms with Crippen LogP contribution in [0.5, 0.6) is 0 Å². The average molecular weight is 731 g/mol. The quantitative estimate of drug-likeness (QED) is 0.164. The van der Waals surface area contributed by atoms with Crippen LogP contribution in [0.1, 0.15) is 0 Å². The lowest BCUT2D eigenvalue weighted by Crippen LogP contribution is -2.10. The fourth-order valence-corrected chi connectivity index (χ4v) is 8.16. The van der Waals surface area contributed by atoms with E-state index in [1.54, 1.807) is 0 Å².